The molecule has 1 aliphatic heterocycles. The highest BCUT2D eigenvalue weighted by molar-refractivity contribution is 7.09. The summed E-state index contributed by atoms with van der Waals surface area (Å²) < 4.78 is 5.55. The van der Waals surface area contributed by atoms with Gasteiger partial charge in [0.15, 0.2) is 0 Å². The summed E-state index contributed by atoms with van der Waals surface area (Å²) in [5, 5.41) is 3.95. The van der Waals surface area contributed by atoms with Crippen LogP contribution < -0.4 is 5.73 Å². The molecule has 1 aromatic carbocycles. The third-order valence-electron chi connectivity index (χ3n) is 3.89. The van der Waals surface area contributed by atoms with Crippen LogP contribution in [0.1, 0.15) is 29.1 Å². The Bertz CT molecular complexity index is 593. The summed E-state index contributed by atoms with van der Waals surface area (Å²) in [6.45, 7) is 1.99. The van der Waals surface area contributed by atoms with Gasteiger partial charge < -0.3 is 10.5 Å². The third kappa shape index (κ3) is 2.49. The summed E-state index contributed by atoms with van der Waals surface area (Å²) in [7, 11) is 0. The van der Waals surface area contributed by atoms with E-state index >= 15 is 0 Å². The molecule has 0 aliphatic carbocycles. The molecule has 2 heterocycles. The highest BCUT2D eigenvalue weighted by Crippen LogP contribution is 2.43. The molecule has 2 N–H and O–H groups in total. The van der Waals surface area contributed by atoms with Crippen LogP contribution in [0.4, 0.5) is 0 Å². The SMILES string of the molecule is NCc1csc(C2(c3cccc(Cl)c3)CCOCC2)n1. The number of nitrogens with two attached hydrogens (primary N) is 1. The first-order chi connectivity index (χ1) is 9.74. The smallest absolute Gasteiger partial charge is 0.104 e. The van der Waals surface area contributed by atoms with Crippen molar-refractivity contribution in [1.82, 2.24) is 4.98 Å². The minimum absolute atomic E-state index is 0.0821. The lowest BCUT2D eigenvalue weighted by atomic mass is 9.74. The van der Waals surface area contributed by atoms with E-state index in [0.717, 1.165) is 41.8 Å². The number of rotatable bonds is 3. The molecule has 0 saturated carbocycles. The Morgan fingerprint density at radius 3 is 2.80 bits per heavy atom. The molecule has 1 saturated heterocycles. The Balaban J connectivity index is 2.08. The molecule has 20 heavy (non-hydrogen) atoms. The Morgan fingerprint density at radius 1 is 1.35 bits per heavy atom. The van der Waals surface area contributed by atoms with E-state index in [9.17, 15) is 0 Å². The summed E-state index contributed by atoms with van der Waals surface area (Å²) >= 11 is 7.87. The van der Waals surface area contributed by atoms with Gasteiger partial charge in [-0.3, -0.25) is 0 Å². The van der Waals surface area contributed by atoms with Crippen LogP contribution in [0.5, 0.6) is 0 Å². The normalized spacial score (nSPS) is 18.1. The molecule has 0 amide bonds. The van der Waals surface area contributed by atoms with E-state index < -0.39 is 0 Å². The second-order valence-corrected chi connectivity index (χ2v) is 6.35. The maximum absolute atomic E-state index is 6.18. The van der Waals surface area contributed by atoms with Crippen molar-refractivity contribution in [2.45, 2.75) is 24.8 Å². The second kappa shape index (κ2) is 5.82. The number of hydrogen-bond donors (Lipinski definition) is 1. The van der Waals surface area contributed by atoms with E-state index in [4.69, 9.17) is 27.1 Å². The molecule has 0 bridgehead atoms. The Hall–Kier alpha value is -0.940. The number of ether oxygens (including phenoxy) is 1. The molecule has 1 aromatic heterocycles. The molecule has 3 nitrogen and oxygen atoms in total. The van der Waals surface area contributed by atoms with Crippen LogP contribution in [-0.2, 0) is 16.7 Å². The van der Waals surface area contributed by atoms with Crippen LogP contribution >= 0.6 is 22.9 Å². The lowest BCUT2D eigenvalue weighted by molar-refractivity contribution is 0.0630. The van der Waals surface area contributed by atoms with Crippen molar-refractivity contribution in [2.24, 2.45) is 5.73 Å². The van der Waals surface area contributed by atoms with Gasteiger partial charge in [-0.05, 0) is 30.5 Å². The van der Waals surface area contributed by atoms with E-state index in [0.29, 0.717) is 6.54 Å². The summed E-state index contributed by atoms with van der Waals surface area (Å²) in [5.74, 6) is 0. The van der Waals surface area contributed by atoms with E-state index in [1.54, 1.807) is 11.3 Å². The predicted octanol–water partition coefficient (Wildman–Crippen LogP) is 3.35. The summed E-state index contributed by atoms with van der Waals surface area (Å²) in [5.41, 5.74) is 7.80. The molecule has 0 radical (unpaired) electrons. The van der Waals surface area contributed by atoms with Gasteiger partial charge in [0.1, 0.15) is 5.01 Å². The second-order valence-electron chi connectivity index (χ2n) is 5.05. The first-order valence-corrected chi connectivity index (χ1v) is 7.99. The molecule has 0 spiro atoms. The van der Waals surface area contributed by atoms with Crippen molar-refractivity contribution in [2.75, 3.05) is 13.2 Å². The Kier molecular flexibility index (Phi) is 4.08. The van der Waals surface area contributed by atoms with Crippen LogP contribution in [0.2, 0.25) is 5.02 Å². The number of hydrogen-bond acceptors (Lipinski definition) is 4. The number of benzene rings is 1. The Morgan fingerprint density at radius 2 is 2.15 bits per heavy atom. The molecule has 3 rings (SSSR count). The number of aromatic nitrogens is 1. The summed E-state index contributed by atoms with van der Waals surface area (Å²) in [4.78, 5) is 4.73. The van der Waals surface area contributed by atoms with Crippen molar-refractivity contribution in [3.05, 3.63) is 50.9 Å². The lowest BCUT2D eigenvalue weighted by Crippen LogP contribution is -2.35. The standard InChI is InChI=1S/C15H17ClN2OS/c16-12-3-1-2-11(8-12)15(4-6-19-7-5-15)14-18-13(9-17)10-20-14/h1-3,8,10H,4-7,9,17H2. The molecule has 106 valence electrons. The maximum Gasteiger partial charge on any atom is 0.104 e. The van der Waals surface area contributed by atoms with Crippen molar-refractivity contribution in [3.8, 4) is 0 Å². The molecule has 0 atom stereocenters. The van der Waals surface area contributed by atoms with Gasteiger partial charge in [0.05, 0.1) is 11.1 Å². The number of nitrogens with zero attached hydrogens (tertiary/aromatic N) is 1. The molecule has 2 aromatic rings. The van der Waals surface area contributed by atoms with Gasteiger partial charge in [0, 0.05) is 30.2 Å². The monoisotopic (exact) mass is 308 g/mol. The van der Waals surface area contributed by atoms with Gasteiger partial charge in [-0.2, -0.15) is 0 Å². The lowest BCUT2D eigenvalue weighted by Gasteiger charge is -2.36. The van der Waals surface area contributed by atoms with E-state index in [-0.39, 0.29) is 5.41 Å². The molecule has 1 fully saturated rings. The zero-order valence-electron chi connectivity index (χ0n) is 11.1. The minimum atomic E-state index is -0.0821. The zero-order chi connectivity index (χ0) is 14.0. The Labute approximate surface area is 127 Å². The highest BCUT2D eigenvalue weighted by Gasteiger charge is 2.39. The van der Waals surface area contributed by atoms with Gasteiger partial charge in [-0.1, -0.05) is 23.7 Å². The molecule has 0 unspecified atom stereocenters. The topological polar surface area (TPSA) is 48.1 Å². The zero-order valence-corrected chi connectivity index (χ0v) is 12.7. The fourth-order valence-corrected chi connectivity index (χ4v) is 4.06. The predicted molar refractivity (Wildman–Crippen MR) is 82.3 cm³/mol. The largest absolute Gasteiger partial charge is 0.381 e. The van der Waals surface area contributed by atoms with Crippen LogP contribution in [0.15, 0.2) is 29.6 Å². The minimum Gasteiger partial charge on any atom is -0.381 e. The van der Waals surface area contributed by atoms with Gasteiger partial charge in [-0.25, -0.2) is 4.98 Å². The van der Waals surface area contributed by atoms with Crippen LogP contribution in [0.3, 0.4) is 0 Å². The van der Waals surface area contributed by atoms with Gasteiger partial charge in [0.2, 0.25) is 0 Å². The quantitative estimate of drug-likeness (QED) is 0.946. The van der Waals surface area contributed by atoms with Crippen molar-refractivity contribution < 1.29 is 4.74 Å². The first-order valence-electron chi connectivity index (χ1n) is 6.73. The van der Waals surface area contributed by atoms with Crippen LogP contribution in [-0.4, -0.2) is 18.2 Å². The van der Waals surface area contributed by atoms with Gasteiger partial charge in [0.25, 0.3) is 0 Å². The number of thiazole rings is 1. The summed E-state index contributed by atoms with van der Waals surface area (Å²) in [6.07, 6.45) is 1.87. The molecular formula is C15H17ClN2OS. The highest BCUT2D eigenvalue weighted by atomic mass is 35.5. The fraction of sp³-hybridized carbons (Fsp3) is 0.400. The van der Waals surface area contributed by atoms with Gasteiger partial charge in [-0.15, -0.1) is 11.3 Å². The van der Waals surface area contributed by atoms with Crippen molar-refractivity contribution >= 4 is 22.9 Å². The first kappa shape index (κ1) is 14.0. The summed E-state index contributed by atoms with van der Waals surface area (Å²) in [6, 6.07) is 8.11. The third-order valence-corrected chi connectivity index (χ3v) is 5.22. The van der Waals surface area contributed by atoms with Crippen LogP contribution in [0, 0.1) is 0 Å². The van der Waals surface area contributed by atoms with Gasteiger partial charge >= 0.3 is 0 Å². The number of halogens is 1. The molecular weight excluding hydrogens is 292 g/mol. The average Bonchev–Trinajstić information content (AvgIpc) is 2.97. The average molecular weight is 309 g/mol. The van der Waals surface area contributed by atoms with E-state index in [1.165, 1.54) is 5.56 Å². The van der Waals surface area contributed by atoms with Crippen molar-refractivity contribution in [3.63, 3.8) is 0 Å². The maximum atomic E-state index is 6.18. The van der Waals surface area contributed by atoms with E-state index in [1.807, 2.05) is 12.1 Å². The van der Waals surface area contributed by atoms with E-state index in [2.05, 4.69) is 17.5 Å². The molecule has 1 aliphatic rings. The van der Waals surface area contributed by atoms with Crippen LogP contribution in [0.25, 0.3) is 0 Å². The molecule has 5 heteroatoms. The fourth-order valence-electron chi connectivity index (χ4n) is 2.75. The van der Waals surface area contributed by atoms with Crippen molar-refractivity contribution in [1.29, 1.82) is 0 Å².